The van der Waals surface area contributed by atoms with Gasteiger partial charge in [0.15, 0.2) is 11.9 Å². The van der Waals surface area contributed by atoms with Crippen molar-refractivity contribution in [3.8, 4) is 5.75 Å². The molecule has 29 heavy (non-hydrogen) atoms. The number of nitrogens with one attached hydrogen (secondary N) is 1. The van der Waals surface area contributed by atoms with Crippen LogP contribution in [0.2, 0.25) is 5.02 Å². The molecule has 4 aromatic rings. The summed E-state index contributed by atoms with van der Waals surface area (Å²) >= 11 is 9.38. The van der Waals surface area contributed by atoms with Crippen molar-refractivity contribution in [2.75, 3.05) is 5.32 Å². The molecule has 0 saturated carbocycles. The third-order valence-corrected chi connectivity index (χ3v) is 4.85. The molecule has 0 fully saturated rings. The zero-order valence-electron chi connectivity index (χ0n) is 15.1. The summed E-state index contributed by atoms with van der Waals surface area (Å²) < 4.78 is 20.4. The average Bonchev–Trinajstić information content (AvgIpc) is 2.71. The lowest BCUT2D eigenvalue weighted by Gasteiger charge is -2.17. The fourth-order valence-electron chi connectivity index (χ4n) is 2.78. The largest absolute Gasteiger partial charge is 0.482 e. The zero-order chi connectivity index (χ0) is 20.4. The first-order chi connectivity index (χ1) is 14.0. The number of nitrogens with zero attached hydrogens (tertiary/aromatic N) is 4. The van der Waals surface area contributed by atoms with Crippen LogP contribution in [0.25, 0.3) is 10.9 Å². The lowest BCUT2D eigenvalue weighted by atomic mass is 10.2. The maximum absolute atomic E-state index is 13.5. The predicted octanol–water partition coefficient (Wildman–Crippen LogP) is 5.86. The summed E-state index contributed by atoms with van der Waals surface area (Å²) in [6.45, 7) is 1.86. The van der Waals surface area contributed by atoms with Gasteiger partial charge in [-0.1, -0.05) is 27.5 Å². The van der Waals surface area contributed by atoms with Crippen molar-refractivity contribution in [2.24, 2.45) is 0 Å². The van der Waals surface area contributed by atoms with Crippen molar-refractivity contribution >= 4 is 49.9 Å². The molecule has 4 rings (SSSR count). The van der Waals surface area contributed by atoms with Crippen LogP contribution in [0.5, 0.6) is 5.75 Å². The Morgan fingerprint density at radius 3 is 2.66 bits per heavy atom. The quantitative estimate of drug-likeness (QED) is 0.391. The topological polar surface area (TPSA) is 72.8 Å². The van der Waals surface area contributed by atoms with Gasteiger partial charge < -0.3 is 10.1 Å². The molecule has 0 saturated heterocycles. The maximum atomic E-state index is 13.5. The van der Waals surface area contributed by atoms with Crippen LogP contribution in [0.4, 0.5) is 15.9 Å². The van der Waals surface area contributed by atoms with Crippen molar-refractivity contribution in [3.05, 3.63) is 76.3 Å². The van der Waals surface area contributed by atoms with Crippen LogP contribution in [0.1, 0.15) is 18.9 Å². The van der Waals surface area contributed by atoms with Crippen molar-refractivity contribution < 1.29 is 9.13 Å². The molecule has 0 radical (unpaired) electrons. The highest BCUT2D eigenvalue weighted by molar-refractivity contribution is 9.10. The Labute approximate surface area is 179 Å². The molecule has 2 aromatic carbocycles. The molecule has 2 heterocycles. The number of hydrogen-bond acceptors (Lipinski definition) is 6. The Hall–Kier alpha value is -2.84. The molecule has 0 aliphatic carbocycles. The third-order valence-electron chi connectivity index (χ3n) is 4.10. The fraction of sp³-hybridized carbons (Fsp3) is 0.100. The Morgan fingerprint density at radius 1 is 1.10 bits per heavy atom. The van der Waals surface area contributed by atoms with E-state index >= 15 is 0 Å². The first kappa shape index (κ1) is 19.5. The van der Waals surface area contributed by atoms with Crippen molar-refractivity contribution in [3.63, 3.8) is 0 Å². The Bertz CT molecular complexity index is 1180. The first-order valence-corrected chi connectivity index (χ1v) is 9.78. The molecule has 1 atom stereocenters. The molecule has 1 N–H and O–H groups in total. The molecular weight excluding hydrogens is 461 g/mol. The van der Waals surface area contributed by atoms with Crippen LogP contribution in [-0.4, -0.2) is 19.9 Å². The fourth-order valence-corrected chi connectivity index (χ4v) is 3.39. The molecule has 1 unspecified atom stereocenters. The van der Waals surface area contributed by atoms with E-state index in [9.17, 15) is 4.39 Å². The van der Waals surface area contributed by atoms with Gasteiger partial charge in [-0.2, -0.15) is 0 Å². The number of benzene rings is 2. The molecule has 6 nitrogen and oxygen atoms in total. The summed E-state index contributed by atoms with van der Waals surface area (Å²) in [6, 6.07) is 9.79. The molecule has 0 aliphatic heterocycles. The van der Waals surface area contributed by atoms with Crippen molar-refractivity contribution in [1.29, 1.82) is 0 Å². The van der Waals surface area contributed by atoms with Crippen LogP contribution in [-0.2, 0) is 0 Å². The molecule has 0 spiro atoms. The lowest BCUT2D eigenvalue weighted by Crippen LogP contribution is -2.08. The molecule has 9 heteroatoms. The minimum absolute atomic E-state index is 0.0161. The van der Waals surface area contributed by atoms with E-state index in [0.29, 0.717) is 34.0 Å². The number of ether oxygens (including phenoxy) is 1. The van der Waals surface area contributed by atoms with E-state index in [1.807, 2.05) is 19.1 Å². The minimum atomic E-state index is -0.491. The highest BCUT2D eigenvalue weighted by Crippen LogP contribution is 2.36. The van der Waals surface area contributed by atoms with E-state index < -0.39 is 11.9 Å². The van der Waals surface area contributed by atoms with Crippen LogP contribution in [0, 0.1) is 5.82 Å². The second-order valence-electron chi connectivity index (χ2n) is 6.14. The summed E-state index contributed by atoms with van der Waals surface area (Å²) in [4.78, 5) is 17.2. The first-order valence-electron chi connectivity index (χ1n) is 8.61. The van der Waals surface area contributed by atoms with Gasteiger partial charge in [0, 0.05) is 22.6 Å². The van der Waals surface area contributed by atoms with Gasteiger partial charge in [0.25, 0.3) is 0 Å². The molecule has 2 aromatic heterocycles. The summed E-state index contributed by atoms with van der Waals surface area (Å²) in [5, 5.41) is 3.84. The second kappa shape index (κ2) is 8.26. The minimum Gasteiger partial charge on any atom is -0.482 e. The third kappa shape index (κ3) is 4.28. The van der Waals surface area contributed by atoms with Gasteiger partial charge in [0.2, 0.25) is 0 Å². The Morgan fingerprint density at radius 2 is 1.90 bits per heavy atom. The molecule has 0 bridgehead atoms. The second-order valence-corrected chi connectivity index (χ2v) is 7.46. The number of aromatic nitrogens is 4. The van der Waals surface area contributed by atoms with Gasteiger partial charge in [-0.3, -0.25) is 0 Å². The SMILES string of the molecule is CC(Oc1cc(Br)cc2ncnc(Nc3ccc(F)c(Cl)c3)c12)c1ncccn1. The smallest absolute Gasteiger partial charge is 0.168 e. The van der Waals surface area contributed by atoms with Gasteiger partial charge in [0.1, 0.15) is 23.7 Å². The normalized spacial score (nSPS) is 12.0. The maximum Gasteiger partial charge on any atom is 0.168 e. The average molecular weight is 475 g/mol. The summed E-state index contributed by atoms with van der Waals surface area (Å²) in [7, 11) is 0. The van der Waals surface area contributed by atoms with E-state index in [-0.39, 0.29) is 5.02 Å². The van der Waals surface area contributed by atoms with E-state index in [1.54, 1.807) is 24.5 Å². The van der Waals surface area contributed by atoms with Crippen LogP contribution in [0.15, 0.2) is 59.6 Å². The number of hydrogen-bond donors (Lipinski definition) is 1. The predicted molar refractivity (Wildman–Crippen MR) is 113 cm³/mol. The number of fused-ring (bicyclic) bond motifs is 1. The zero-order valence-corrected chi connectivity index (χ0v) is 17.4. The molecule has 0 amide bonds. The Kier molecular flexibility index (Phi) is 5.55. The molecule has 0 aliphatic rings. The van der Waals surface area contributed by atoms with Crippen LogP contribution < -0.4 is 10.1 Å². The number of rotatable bonds is 5. The van der Waals surface area contributed by atoms with E-state index in [0.717, 1.165) is 4.47 Å². The summed E-state index contributed by atoms with van der Waals surface area (Å²) in [6.07, 6.45) is 4.36. The highest BCUT2D eigenvalue weighted by Gasteiger charge is 2.17. The van der Waals surface area contributed by atoms with E-state index in [1.165, 1.54) is 18.5 Å². The number of halogens is 3. The Balaban J connectivity index is 1.76. The van der Waals surface area contributed by atoms with Gasteiger partial charge in [-0.15, -0.1) is 0 Å². The lowest BCUT2D eigenvalue weighted by molar-refractivity contribution is 0.219. The van der Waals surface area contributed by atoms with E-state index in [2.05, 4.69) is 41.2 Å². The molecule has 146 valence electrons. The van der Waals surface area contributed by atoms with E-state index in [4.69, 9.17) is 16.3 Å². The van der Waals surface area contributed by atoms with Gasteiger partial charge in [-0.05, 0) is 43.3 Å². The van der Waals surface area contributed by atoms with Crippen molar-refractivity contribution in [2.45, 2.75) is 13.0 Å². The summed E-state index contributed by atoms with van der Waals surface area (Å²) in [5.41, 5.74) is 1.26. The highest BCUT2D eigenvalue weighted by atomic mass is 79.9. The standard InChI is InChI=1S/C20H14BrClFN5O/c1-11(19-24-5-2-6-25-19)29-17-8-12(21)7-16-18(17)20(27-10-26-16)28-13-3-4-15(23)14(22)9-13/h2-11H,1H3,(H,26,27,28). The monoisotopic (exact) mass is 473 g/mol. The van der Waals surface area contributed by atoms with Crippen molar-refractivity contribution in [1.82, 2.24) is 19.9 Å². The summed E-state index contributed by atoms with van der Waals surface area (Å²) in [5.74, 6) is 1.11. The van der Waals surface area contributed by atoms with Crippen LogP contribution in [0.3, 0.4) is 0 Å². The van der Waals surface area contributed by atoms with Gasteiger partial charge in [-0.25, -0.2) is 24.3 Å². The molecular formula is C20H14BrClFN5O. The van der Waals surface area contributed by atoms with Crippen LogP contribution >= 0.6 is 27.5 Å². The number of anilines is 2. The van der Waals surface area contributed by atoms with Gasteiger partial charge >= 0.3 is 0 Å². The van der Waals surface area contributed by atoms with Gasteiger partial charge in [0.05, 0.1) is 15.9 Å².